The summed E-state index contributed by atoms with van der Waals surface area (Å²) in [6.45, 7) is 5.86. The molecule has 4 heterocycles. The third kappa shape index (κ3) is 6.13. The van der Waals surface area contributed by atoms with Gasteiger partial charge in [0.15, 0.2) is 0 Å². The van der Waals surface area contributed by atoms with Crippen LogP contribution in [0.4, 0.5) is 15.8 Å². The molecule has 0 bridgehead atoms. The SMILES string of the molecule is CC(C)(O)Cn1cc(Nc2cc(-c3ccc4cc(C#N)cnn34)ncc2C(=O)NC[C@@H](F)C(C)(C)O)cn1. The van der Waals surface area contributed by atoms with Crippen molar-refractivity contribution in [3.05, 3.63) is 60.2 Å². The Kier molecular flexibility index (Phi) is 7.17. The first-order valence-electron chi connectivity index (χ1n) is 11.9. The van der Waals surface area contributed by atoms with Crippen LogP contribution in [0.5, 0.6) is 0 Å². The number of halogens is 1. The molecule has 4 aromatic heterocycles. The normalized spacial score (nSPS) is 12.8. The van der Waals surface area contributed by atoms with Crippen molar-refractivity contribution in [3.63, 3.8) is 0 Å². The Morgan fingerprint density at radius 3 is 2.61 bits per heavy atom. The van der Waals surface area contributed by atoms with Crippen molar-refractivity contribution in [2.75, 3.05) is 11.9 Å². The van der Waals surface area contributed by atoms with E-state index in [1.165, 1.54) is 26.2 Å². The van der Waals surface area contributed by atoms with Crippen molar-refractivity contribution < 1.29 is 19.4 Å². The molecule has 198 valence electrons. The van der Waals surface area contributed by atoms with E-state index in [2.05, 4.69) is 31.9 Å². The molecule has 0 saturated heterocycles. The maximum Gasteiger partial charge on any atom is 0.255 e. The molecule has 11 nitrogen and oxygen atoms in total. The van der Waals surface area contributed by atoms with Crippen LogP contribution in [0.1, 0.15) is 43.6 Å². The Balaban J connectivity index is 1.69. The Morgan fingerprint density at radius 1 is 1.16 bits per heavy atom. The van der Waals surface area contributed by atoms with Crippen LogP contribution in [0.2, 0.25) is 0 Å². The summed E-state index contributed by atoms with van der Waals surface area (Å²) in [6, 6.07) is 9.02. The van der Waals surface area contributed by atoms with E-state index in [1.807, 2.05) is 0 Å². The number of nitrogens with zero attached hydrogens (tertiary/aromatic N) is 6. The molecule has 0 aromatic carbocycles. The minimum absolute atomic E-state index is 0.146. The molecule has 1 amide bonds. The number of hydrogen-bond donors (Lipinski definition) is 4. The average Bonchev–Trinajstić information content (AvgIpc) is 3.46. The molecule has 0 radical (unpaired) electrons. The number of aromatic nitrogens is 5. The maximum atomic E-state index is 14.3. The van der Waals surface area contributed by atoms with Gasteiger partial charge in [0, 0.05) is 12.4 Å². The first-order chi connectivity index (χ1) is 17.8. The van der Waals surface area contributed by atoms with Gasteiger partial charge in [0.05, 0.1) is 76.1 Å². The Morgan fingerprint density at radius 2 is 1.92 bits per heavy atom. The summed E-state index contributed by atoms with van der Waals surface area (Å²) in [5.74, 6) is -0.584. The van der Waals surface area contributed by atoms with Gasteiger partial charge in [0.1, 0.15) is 12.2 Å². The maximum absolute atomic E-state index is 14.3. The van der Waals surface area contributed by atoms with Crippen LogP contribution in [0.15, 0.2) is 49.1 Å². The van der Waals surface area contributed by atoms with Crippen LogP contribution in [0.3, 0.4) is 0 Å². The van der Waals surface area contributed by atoms with Gasteiger partial charge in [0.2, 0.25) is 0 Å². The average molecular weight is 521 g/mol. The van der Waals surface area contributed by atoms with Crippen molar-refractivity contribution >= 4 is 22.8 Å². The molecule has 0 saturated carbocycles. The summed E-state index contributed by atoms with van der Waals surface area (Å²) >= 11 is 0. The highest BCUT2D eigenvalue weighted by molar-refractivity contribution is 6.00. The van der Waals surface area contributed by atoms with Crippen molar-refractivity contribution in [2.45, 2.75) is 51.6 Å². The quantitative estimate of drug-likeness (QED) is 0.263. The molecular formula is C26H29FN8O3. The molecule has 4 aromatic rings. The van der Waals surface area contributed by atoms with Gasteiger partial charge in [-0.3, -0.25) is 14.5 Å². The summed E-state index contributed by atoms with van der Waals surface area (Å²) in [7, 11) is 0. The lowest BCUT2D eigenvalue weighted by Gasteiger charge is -2.22. The van der Waals surface area contributed by atoms with E-state index < -0.39 is 23.3 Å². The molecule has 0 fully saturated rings. The van der Waals surface area contributed by atoms with Gasteiger partial charge < -0.3 is 20.8 Å². The minimum Gasteiger partial charge on any atom is -0.389 e. The number of nitrogens with one attached hydrogen (secondary N) is 2. The van der Waals surface area contributed by atoms with E-state index in [4.69, 9.17) is 5.26 Å². The summed E-state index contributed by atoms with van der Waals surface area (Å²) in [6.07, 6.45) is 4.38. The van der Waals surface area contributed by atoms with Crippen LogP contribution in [0, 0.1) is 11.3 Å². The van der Waals surface area contributed by atoms with Crippen molar-refractivity contribution in [1.29, 1.82) is 5.26 Å². The van der Waals surface area contributed by atoms with Crippen molar-refractivity contribution in [3.8, 4) is 17.5 Å². The van der Waals surface area contributed by atoms with E-state index in [1.54, 1.807) is 59.7 Å². The molecule has 38 heavy (non-hydrogen) atoms. The first kappa shape index (κ1) is 26.7. The van der Waals surface area contributed by atoms with Gasteiger partial charge in [0.25, 0.3) is 5.91 Å². The molecule has 1 atom stereocenters. The third-order valence-electron chi connectivity index (χ3n) is 5.71. The fourth-order valence-corrected chi connectivity index (χ4v) is 3.73. The van der Waals surface area contributed by atoms with Gasteiger partial charge in [-0.25, -0.2) is 8.91 Å². The van der Waals surface area contributed by atoms with Gasteiger partial charge in [-0.05, 0) is 52.0 Å². The Labute approximate surface area is 218 Å². The molecule has 0 unspecified atom stereocenters. The second-order valence-electron chi connectivity index (χ2n) is 10.2. The number of pyridine rings is 1. The zero-order valence-electron chi connectivity index (χ0n) is 21.5. The van der Waals surface area contributed by atoms with Crippen molar-refractivity contribution in [1.82, 2.24) is 29.7 Å². The minimum atomic E-state index is -1.67. The van der Waals surface area contributed by atoms with Gasteiger partial charge >= 0.3 is 0 Å². The van der Waals surface area contributed by atoms with E-state index in [-0.39, 0.29) is 18.7 Å². The lowest BCUT2D eigenvalue weighted by molar-refractivity contribution is -0.00178. The van der Waals surface area contributed by atoms with E-state index in [0.717, 1.165) is 0 Å². The molecule has 0 aliphatic carbocycles. The zero-order chi connectivity index (χ0) is 27.7. The Hall–Kier alpha value is -4.34. The number of carbonyl (C=O) groups excluding carboxylic acids is 1. The standard InChI is InChI=1S/C26H29FN8O3/c1-25(2,37)15-34-14-17(11-31-34)33-20-8-21(22-6-5-18-7-16(9-28)10-32-35(18)22)29-12-19(20)24(36)30-13-23(27)26(3,4)38/h5-8,10-12,14,23,37-38H,13,15H2,1-4H3,(H,29,33)(H,30,36)/t23-/m1/s1. The highest BCUT2D eigenvalue weighted by Crippen LogP contribution is 2.28. The zero-order valence-corrected chi connectivity index (χ0v) is 21.5. The number of anilines is 2. The molecule has 0 aliphatic rings. The summed E-state index contributed by atoms with van der Waals surface area (Å²) < 4.78 is 17.5. The smallest absolute Gasteiger partial charge is 0.255 e. The molecule has 4 rings (SSSR count). The van der Waals surface area contributed by atoms with E-state index >= 15 is 0 Å². The third-order valence-corrected chi connectivity index (χ3v) is 5.71. The lowest BCUT2D eigenvalue weighted by Crippen LogP contribution is -2.42. The fraction of sp³-hybridized carbons (Fsp3) is 0.346. The monoisotopic (exact) mass is 520 g/mol. The highest BCUT2D eigenvalue weighted by atomic mass is 19.1. The second kappa shape index (κ2) is 10.2. The van der Waals surface area contributed by atoms with Crippen LogP contribution in [-0.2, 0) is 6.54 Å². The van der Waals surface area contributed by atoms with Crippen molar-refractivity contribution in [2.24, 2.45) is 0 Å². The number of aliphatic hydroxyl groups is 2. The first-order valence-corrected chi connectivity index (χ1v) is 11.9. The van der Waals surface area contributed by atoms with Gasteiger partial charge in [-0.15, -0.1) is 0 Å². The molecule has 0 aliphatic heterocycles. The number of rotatable bonds is 9. The summed E-state index contributed by atoms with van der Waals surface area (Å²) in [5, 5.41) is 43.3. The van der Waals surface area contributed by atoms with Crippen LogP contribution < -0.4 is 10.6 Å². The second-order valence-corrected chi connectivity index (χ2v) is 10.2. The number of carbonyl (C=O) groups is 1. The molecule has 12 heteroatoms. The van der Waals surface area contributed by atoms with Gasteiger partial charge in [-0.1, -0.05) is 0 Å². The van der Waals surface area contributed by atoms with Gasteiger partial charge in [-0.2, -0.15) is 15.5 Å². The number of hydrogen-bond acceptors (Lipinski definition) is 8. The van der Waals surface area contributed by atoms with E-state index in [0.29, 0.717) is 33.8 Å². The molecular weight excluding hydrogens is 491 g/mol. The number of alkyl halides is 1. The predicted octanol–water partition coefficient (Wildman–Crippen LogP) is 2.82. The number of fused-ring (bicyclic) bond motifs is 1. The van der Waals surface area contributed by atoms with Crippen LogP contribution in [0.25, 0.3) is 16.9 Å². The Bertz CT molecular complexity index is 1510. The highest BCUT2D eigenvalue weighted by Gasteiger charge is 2.27. The molecule has 0 spiro atoms. The molecule has 4 N–H and O–H groups in total. The summed E-state index contributed by atoms with van der Waals surface area (Å²) in [4.78, 5) is 17.5. The summed E-state index contributed by atoms with van der Waals surface area (Å²) in [5.41, 5.74) is 0.724. The number of amides is 1. The van der Waals surface area contributed by atoms with Crippen LogP contribution >= 0.6 is 0 Å². The topological polar surface area (TPSA) is 153 Å². The fourth-order valence-electron chi connectivity index (χ4n) is 3.73. The number of nitriles is 1. The van der Waals surface area contributed by atoms with E-state index in [9.17, 15) is 19.4 Å². The largest absolute Gasteiger partial charge is 0.389 e. The van der Waals surface area contributed by atoms with Crippen LogP contribution in [-0.4, -0.2) is 64.4 Å². The predicted molar refractivity (Wildman–Crippen MR) is 138 cm³/mol. The lowest BCUT2D eigenvalue weighted by atomic mass is 10.0.